The molecule has 1 atom stereocenters. The second-order valence-electron chi connectivity index (χ2n) is 14.1. The third-order valence-corrected chi connectivity index (χ3v) is 10.9. The van der Waals surface area contributed by atoms with Gasteiger partial charge in [0, 0.05) is 49.3 Å². The van der Waals surface area contributed by atoms with Gasteiger partial charge in [-0.15, -0.1) is 11.8 Å². The highest BCUT2D eigenvalue weighted by atomic mass is 32.2. The molecule has 3 aromatic carbocycles. The van der Waals surface area contributed by atoms with Gasteiger partial charge in [-0.2, -0.15) is 13.2 Å². The number of thioether (sulfide) groups is 1. The van der Waals surface area contributed by atoms with Gasteiger partial charge in [0.15, 0.2) is 0 Å². The number of aromatic nitrogens is 3. The molecular weight excluding hydrogens is 684 g/mol. The molecule has 0 saturated carbocycles. The highest BCUT2D eigenvalue weighted by Crippen LogP contribution is 2.50. The van der Waals surface area contributed by atoms with E-state index in [4.69, 9.17) is 9.72 Å². The molecule has 0 aliphatic carbocycles. The summed E-state index contributed by atoms with van der Waals surface area (Å²) >= 11 is 1.70. The van der Waals surface area contributed by atoms with Gasteiger partial charge in [-0.25, -0.2) is 4.98 Å². The van der Waals surface area contributed by atoms with E-state index in [0.717, 1.165) is 55.3 Å². The maximum absolute atomic E-state index is 13.3. The first-order valence-electron chi connectivity index (χ1n) is 17.4. The number of aromatic amines is 1. The van der Waals surface area contributed by atoms with Crippen LogP contribution in [-0.4, -0.2) is 30.8 Å². The number of ether oxygens (including phenoxy) is 1. The van der Waals surface area contributed by atoms with Crippen molar-refractivity contribution in [1.29, 1.82) is 0 Å². The Kier molecular flexibility index (Phi) is 10.4. The van der Waals surface area contributed by atoms with Crippen molar-refractivity contribution in [2.24, 2.45) is 5.41 Å². The number of nitrogens with one attached hydrogen (secondary N) is 1. The van der Waals surface area contributed by atoms with E-state index in [1.165, 1.54) is 12.3 Å². The number of para-hydroxylation sites is 1. The zero-order valence-electron chi connectivity index (χ0n) is 29.8. The van der Waals surface area contributed by atoms with Crippen molar-refractivity contribution in [2.45, 2.75) is 82.2 Å². The number of H-pyrrole nitrogens is 1. The van der Waals surface area contributed by atoms with Crippen LogP contribution >= 0.6 is 11.8 Å². The fourth-order valence-corrected chi connectivity index (χ4v) is 8.03. The van der Waals surface area contributed by atoms with Crippen molar-refractivity contribution in [1.82, 2.24) is 15.0 Å². The maximum Gasteiger partial charge on any atom is 0.433 e. The number of fused-ring (bicyclic) bond motifs is 2. The zero-order chi connectivity index (χ0) is 37.3. The molecule has 3 heterocycles. The molecule has 0 spiro atoms. The molecule has 270 valence electrons. The van der Waals surface area contributed by atoms with Crippen molar-refractivity contribution >= 4 is 39.5 Å². The Balaban J connectivity index is 1.37. The maximum atomic E-state index is 13.3. The Morgan fingerprint density at radius 3 is 2.25 bits per heavy atom. The average molecular weight is 726 g/mol. The summed E-state index contributed by atoms with van der Waals surface area (Å²) in [6, 6.07) is 27.8. The number of benzene rings is 3. The summed E-state index contributed by atoms with van der Waals surface area (Å²) < 4.78 is 45.3. The SMILES string of the molecule is CCC(CC)(C(=O)O)C(Cc1ccc(-c2ccc(C(F)(F)F)nc2)cc1)c1[nH]c2ccc(OCc3ccc4ccccc4n3)cc2c1SC(C)(C)C. The molecule has 6 nitrogen and oxygen atoms in total. The zero-order valence-corrected chi connectivity index (χ0v) is 30.7. The van der Waals surface area contributed by atoms with E-state index in [0.29, 0.717) is 37.2 Å². The second kappa shape index (κ2) is 14.7. The second-order valence-corrected chi connectivity index (χ2v) is 16.0. The summed E-state index contributed by atoms with van der Waals surface area (Å²) in [4.78, 5) is 26.3. The van der Waals surface area contributed by atoms with Crippen molar-refractivity contribution < 1.29 is 27.8 Å². The minimum atomic E-state index is -4.51. The van der Waals surface area contributed by atoms with Gasteiger partial charge in [0.1, 0.15) is 18.1 Å². The van der Waals surface area contributed by atoms with E-state index in [1.54, 1.807) is 11.8 Å². The van der Waals surface area contributed by atoms with E-state index < -0.39 is 29.2 Å². The number of carbonyl (C=O) groups is 1. The summed E-state index contributed by atoms with van der Waals surface area (Å²) in [5.41, 5.74) is 3.65. The molecule has 0 amide bonds. The summed E-state index contributed by atoms with van der Waals surface area (Å²) in [7, 11) is 0. The third kappa shape index (κ3) is 7.82. The summed E-state index contributed by atoms with van der Waals surface area (Å²) in [5.74, 6) is -0.599. The lowest BCUT2D eigenvalue weighted by Gasteiger charge is -2.36. The molecule has 2 N–H and O–H groups in total. The van der Waals surface area contributed by atoms with Crippen LogP contribution in [0.2, 0.25) is 0 Å². The molecule has 0 bridgehead atoms. The molecule has 3 aromatic heterocycles. The predicted octanol–water partition coefficient (Wildman–Crippen LogP) is 11.5. The number of halogens is 3. The van der Waals surface area contributed by atoms with Crippen LogP contribution in [-0.2, 0) is 24.0 Å². The van der Waals surface area contributed by atoms with Crippen LogP contribution in [0.15, 0.2) is 102 Å². The fraction of sp³-hybridized carbons (Fsp3) is 0.310. The Bertz CT molecular complexity index is 2190. The predicted molar refractivity (Wildman–Crippen MR) is 202 cm³/mol. The quantitative estimate of drug-likeness (QED) is 0.122. The van der Waals surface area contributed by atoms with Gasteiger partial charge in [0.2, 0.25) is 0 Å². The minimum absolute atomic E-state index is 0.192. The number of rotatable bonds is 12. The lowest BCUT2D eigenvalue weighted by atomic mass is 9.67. The van der Waals surface area contributed by atoms with Gasteiger partial charge in [0.05, 0.1) is 16.6 Å². The number of hydrogen-bond donors (Lipinski definition) is 2. The molecule has 0 aliphatic heterocycles. The van der Waals surface area contributed by atoms with E-state index >= 15 is 0 Å². The number of hydrogen-bond acceptors (Lipinski definition) is 5. The number of carboxylic acids is 1. The van der Waals surface area contributed by atoms with Crippen molar-refractivity contribution in [3.05, 3.63) is 120 Å². The Morgan fingerprint density at radius 2 is 1.62 bits per heavy atom. The molecule has 1 unspecified atom stereocenters. The Morgan fingerprint density at radius 1 is 0.904 bits per heavy atom. The summed E-state index contributed by atoms with van der Waals surface area (Å²) in [6.45, 7) is 10.6. The summed E-state index contributed by atoms with van der Waals surface area (Å²) in [5, 5.41) is 12.9. The molecule has 6 rings (SSSR count). The molecule has 0 saturated heterocycles. The fourth-order valence-electron chi connectivity index (χ4n) is 6.83. The van der Waals surface area contributed by atoms with Crippen molar-refractivity contribution in [3.63, 3.8) is 0 Å². The Hall–Kier alpha value is -4.83. The number of alkyl halides is 3. The standard InChI is InChI=1S/C42H42F3N3O3S/c1-6-41(7-2,39(49)50)33(22-26-12-14-27(15-13-26)29-17-21-36(46-24-29)42(43,44)45)37-38(52-40(3,4)5)32-23-31(19-20-35(32)48-37)51-25-30-18-16-28-10-8-9-11-34(28)47-30/h8-21,23-24,33,48H,6-7,22,25H2,1-5H3,(H,49,50). The monoisotopic (exact) mass is 725 g/mol. The Labute approximate surface area is 305 Å². The van der Waals surface area contributed by atoms with E-state index in [1.807, 2.05) is 92.7 Å². The number of carboxylic acid groups (broad SMARTS) is 1. The van der Waals surface area contributed by atoms with Gasteiger partial charge in [-0.3, -0.25) is 9.78 Å². The van der Waals surface area contributed by atoms with Crippen LogP contribution in [0.5, 0.6) is 5.75 Å². The highest BCUT2D eigenvalue weighted by Gasteiger charge is 2.46. The van der Waals surface area contributed by atoms with Crippen LogP contribution in [0.3, 0.4) is 0 Å². The highest BCUT2D eigenvalue weighted by molar-refractivity contribution is 8.00. The molecular formula is C42H42F3N3O3S. The normalized spacial score (nSPS) is 13.1. The average Bonchev–Trinajstić information content (AvgIpc) is 3.46. The van der Waals surface area contributed by atoms with Crippen molar-refractivity contribution in [2.75, 3.05) is 0 Å². The molecule has 0 fully saturated rings. The largest absolute Gasteiger partial charge is 0.487 e. The lowest BCUT2D eigenvalue weighted by molar-refractivity contribution is -0.151. The van der Waals surface area contributed by atoms with Crippen LogP contribution in [0.1, 0.15) is 76.0 Å². The van der Waals surface area contributed by atoms with E-state index in [-0.39, 0.29) is 4.75 Å². The van der Waals surface area contributed by atoms with Crippen LogP contribution < -0.4 is 4.74 Å². The summed E-state index contributed by atoms with van der Waals surface area (Å²) in [6.07, 6.45) is -2.02. The molecule has 0 aliphatic rings. The third-order valence-electron chi connectivity index (χ3n) is 9.68. The first kappa shape index (κ1) is 36.9. The van der Waals surface area contributed by atoms with E-state index in [9.17, 15) is 23.1 Å². The van der Waals surface area contributed by atoms with Crippen LogP contribution in [0, 0.1) is 5.41 Å². The molecule has 6 aromatic rings. The number of nitrogens with zero attached hydrogens (tertiary/aromatic N) is 2. The molecule has 52 heavy (non-hydrogen) atoms. The lowest BCUT2D eigenvalue weighted by Crippen LogP contribution is -2.38. The van der Waals surface area contributed by atoms with Crippen LogP contribution in [0.25, 0.3) is 32.9 Å². The first-order valence-corrected chi connectivity index (χ1v) is 18.2. The number of aliphatic carboxylic acids is 1. The van der Waals surface area contributed by atoms with Crippen molar-refractivity contribution in [3.8, 4) is 16.9 Å². The van der Waals surface area contributed by atoms with Gasteiger partial charge in [-0.1, -0.05) is 89.2 Å². The van der Waals surface area contributed by atoms with Gasteiger partial charge >= 0.3 is 12.1 Å². The van der Waals surface area contributed by atoms with Crippen LogP contribution in [0.4, 0.5) is 13.2 Å². The molecule has 0 radical (unpaired) electrons. The van der Waals surface area contributed by atoms with Gasteiger partial charge < -0.3 is 14.8 Å². The molecule has 10 heteroatoms. The number of pyridine rings is 2. The minimum Gasteiger partial charge on any atom is -0.487 e. The first-order chi connectivity index (χ1) is 24.7. The van der Waals surface area contributed by atoms with Gasteiger partial charge in [-0.05, 0) is 66.8 Å². The smallest absolute Gasteiger partial charge is 0.433 e. The topological polar surface area (TPSA) is 88.1 Å². The van der Waals surface area contributed by atoms with Gasteiger partial charge in [0.25, 0.3) is 0 Å². The van der Waals surface area contributed by atoms with E-state index in [2.05, 4.69) is 30.7 Å².